The molecule has 0 saturated heterocycles. The molecule has 5 heteroatoms. The highest BCUT2D eigenvalue weighted by atomic mass is 35.5. The molecule has 2 aromatic rings. The Kier molecular flexibility index (Phi) is 4.82. The fraction of sp³-hybridized carbons (Fsp3) is 0.267. The van der Waals surface area contributed by atoms with Crippen LogP contribution in [-0.4, -0.2) is 17.5 Å². The number of benzene rings is 1. The van der Waals surface area contributed by atoms with Crippen molar-refractivity contribution in [2.24, 2.45) is 0 Å². The maximum absolute atomic E-state index is 12.0. The molecule has 0 spiro atoms. The lowest BCUT2D eigenvalue weighted by Crippen LogP contribution is -2.18. The van der Waals surface area contributed by atoms with Crippen molar-refractivity contribution in [2.75, 3.05) is 12.4 Å². The number of nitrogens with one attached hydrogen (secondary N) is 2. The average Bonchev–Trinajstić information content (AvgIpc) is 2.89. The Hall–Kier alpha value is -1.78. The lowest BCUT2D eigenvalue weighted by atomic mass is 10.2. The molecule has 0 fully saturated rings. The normalized spacial score (nSPS) is 12.2. The number of hydrogen-bond donors (Lipinski definition) is 2. The van der Waals surface area contributed by atoms with E-state index in [0.717, 1.165) is 5.56 Å². The van der Waals surface area contributed by atoms with Crippen molar-refractivity contribution < 1.29 is 4.79 Å². The van der Waals surface area contributed by atoms with Crippen LogP contribution in [0.25, 0.3) is 0 Å². The number of hydrogen-bond acceptors (Lipinski definition) is 2. The molecule has 2 rings (SSSR count). The van der Waals surface area contributed by atoms with Crippen LogP contribution in [0.5, 0.6) is 0 Å². The van der Waals surface area contributed by atoms with Gasteiger partial charge in [0.2, 0.25) is 5.91 Å². The van der Waals surface area contributed by atoms with Gasteiger partial charge in [-0.3, -0.25) is 4.79 Å². The minimum atomic E-state index is -0.0997. The Morgan fingerprint density at radius 1 is 1.35 bits per heavy atom. The largest absolute Gasteiger partial charge is 0.345 e. The van der Waals surface area contributed by atoms with Crippen LogP contribution in [0.2, 0.25) is 5.02 Å². The number of nitrogens with zero attached hydrogens (tertiary/aromatic N) is 1. The van der Waals surface area contributed by atoms with E-state index in [-0.39, 0.29) is 18.5 Å². The number of halogens is 1. The number of para-hydroxylation sites is 1. The topological polar surface area (TPSA) is 46.1 Å². The van der Waals surface area contributed by atoms with E-state index in [1.165, 1.54) is 0 Å². The SMILES string of the molecule is CNC(C)c1ccn(CC(=O)Nc2ccccc2Cl)c1. The highest BCUT2D eigenvalue weighted by Gasteiger charge is 2.08. The summed E-state index contributed by atoms with van der Waals surface area (Å²) in [7, 11) is 1.91. The molecule has 1 amide bonds. The van der Waals surface area contributed by atoms with Gasteiger partial charge in [-0.25, -0.2) is 0 Å². The Bertz CT molecular complexity index is 594. The van der Waals surface area contributed by atoms with Gasteiger partial charge in [0.15, 0.2) is 0 Å². The third-order valence-corrected chi connectivity index (χ3v) is 3.51. The smallest absolute Gasteiger partial charge is 0.244 e. The summed E-state index contributed by atoms with van der Waals surface area (Å²) in [6.07, 6.45) is 3.86. The van der Waals surface area contributed by atoms with Gasteiger partial charge in [-0.1, -0.05) is 23.7 Å². The summed E-state index contributed by atoms with van der Waals surface area (Å²) in [4.78, 5) is 12.0. The summed E-state index contributed by atoms with van der Waals surface area (Å²) < 4.78 is 1.86. The molecular formula is C15H18ClN3O. The zero-order valence-corrected chi connectivity index (χ0v) is 12.3. The number of rotatable bonds is 5. The van der Waals surface area contributed by atoms with E-state index in [1.807, 2.05) is 42.2 Å². The van der Waals surface area contributed by atoms with Gasteiger partial charge < -0.3 is 15.2 Å². The van der Waals surface area contributed by atoms with Crippen LogP contribution in [0.3, 0.4) is 0 Å². The minimum absolute atomic E-state index is 0.0997. The van der Waals surface area contributed by atoms with Crippen molar-refractivity contribution in [3.05, 3.63) is 53.3 Å². The Labute approximate surface area is 123 Å². The number of amides is 1. The van der Waals surface area contributed by atoms with Crippen LogP contribution in [0.15, 0.2) is 42.7 Å². The minimum Gasteiger partial charge on any atom is -0.345 e. The predicted molar refractivity (Wildman–Crippen MR) is 82.0 cm³/mol. The molecule has 0 saturated carbocycles. The number of carbonyl (C=O) groups excluding carboxylic acids is 1. The summed E-state index contributed by atoms with van der Waals surface area (Å²) in [5, 5.41) is 6.51. The molecule has 106 valence electrons. The summed E-state index contributed by atoms with van der Waals surface area (Å²) in [6.45, 7) is 2.34. The van der Waals surface area contributed by atoms with E-state index in [2.05, 4.69) is 17.6 Å². The monoisotopic (exact) mass is 291 g/mol. The second kappa shape index (κ2) is 6.59. The van der Waals surface area contributed by atoms with Crippen molar-refractivity contribution in [1.82, 2.24) is 9.88 Å². The summed E-state index contributed by atoms with van der Waals surface area (Å²) in [5.41, 5.74) is 1.79. The maximum Gasteiger partial charge on any atom is 0.244 e. The molecule has 20 heavy (non-hydrogen) atoms. The van der Waals surface area contributed by atoms with Gasteiger partial charge in [-0.2, -0.15) is 0 Å². The Balaban J connectivity index is 1.98. The first-order valence-electron chi connectivity index (χ1n) is 6.47. The number of anilines is 1. The summed E-state index contributed by atoms with van der Waals surface area (Å²) in [6, 6.07) is 9.47. The van der Waals surface area contributed by atoms with Gasteiger partial charge in [0.1, 0.15) is 6.54 Å². The molecule has 0 radical (unpaired) electrons. The summed E-state index contributed by atoms with van der Waals surface area (Å²) >= 11 is 6.01. The van der Waals surface area contributed by atoms with Crippen LogP contribution < -0.4 is 10.6 Å². The van der Waals surface area contributed by atoms with E-state index in [1.54, 1.807) is 12.1 Å². The highest BCUT2D eigenvalue weighted by Crippen LogP contribution is 2.20. The lowest BCUT2D eigenvalue weighted by Gasteiger charge is -2.08. The van der Waals surface area contributed by atoms with Gasteiger partial charge in [-0.05, 0) is 37.7 Å². The van der Waals surface area contributed by atoms with Gasteiger partial charge in [0.05, 0.1) is 10.7 Å². The Morgan fingerprint density at radius 3 is 2.80 bits per heavy atom. The van der Waals surface area contributed by atoms with E-state index >= 15 is 0 Å². The standard InChI is InChI=1S/C15H18ClN3O/c1-11(17-2)12-7-8-19(9-12)10-15(20)18-14-6-4-3-5-13(14)16/h3-9,11,17H,10H2,1-2H3,(H,18,20). The fourth-order valence-electron chi connectivity index (χ4n) is 1.90. The molecule has 4 nitrogen and oxygen atoms in total. The van der Waals surface area contributed by atoms with Crippen molar-refractivity contribution in [3.63, 3.8) is 0 Å². The molecule has 1 heterocycles. The van der Waals surface area contributed by atoms with E-state index < -0.39 is 0 Å². The van der Waals surface area contributed by atoms with Crippen LogP contribution in [-0.2, 0) is 11.3 Å². The summed E-state index contributed by atoms with van der Waals surface area (Å²) in [5.74, 6) is -0.0997. The van der Waals surface area contributed by atoms with E-state index in [0.29, 0.717) is 10.7 Å². The molecule has 1 aromatic carbocycles. The molecule has 0 aliphatic carbocycles. The number of carbonyl (C=O) groups is 1. The number of aromatic nitrogens is 1. The molecule has 1 atom stereocenters. The first-order chi connectivity index (χ1) is 9.60. The third kappa shape index (κ3) is 3.62. The molecule has 1 unspecified atom stereocenters. The van der Waals surface area contributed by atoms with Crippen LogP contribution in [0.4, 0.5) is 5.69 Å². The van der Waals surface area contributed by atoms with Crippen LogP contribution >= 0.6 is 11.6 Å². The zero-order valence-electron chi connectivity index (χ0n) is 11.6. The first-order valence-corrected chi connectivity index (χ1v) is 6.85. The third-order valence-electron chi connectivity index (χ3n) is 3.18. The van der Waals surface area contributed by atoms with Gasteiger partial charge >= 0.3 is 0 Å². The molecule has 0 bridgehead atoms. The van der Waals surface area contributed by atoms with Crippen LogP contribution in [0, 0.1) is 0 Å². The van der Waals surface area contributed by atoms with Crippen molar-refractivity contribution >= 4 is 23.2 Å². The van der Waals surface area contributed by atoms with Crippen LogP contribution in [0.1, 0.15) is 18.5 Å². The fourth-order valence-corrected chi connectivity index (χ4v) is 2.08. The molecule has 0 aliphatic heterocycles. The maximum atomic E-state index is 12.0. The lowest BCUT2D eigenvalue weighted by molar-refractivity contribution is -0.116. The first kappa shape index (κ1) is 14.6. The van der Waals surface area contributed by atoms with Crippen molar-refractivity contribution in [2.45, 2.75) is 19.5 Å². The second-order valence-electron chi connectivity index (χ2n) is 4.66. The zero-order chi connectivity index (χ0) is 14.5. The van der Waals surface area contributed by atoms with Gasteiger partial charge in [-0.15, -0.1) is 0 Å². The molecule has 1 aromatic heterocycles. The molecule has 0 aliphatic rings. The molecule has 2 N–H and O–H groups in total. The van der Waals surface area contributed by atoms with Crippen molar-refractivity contribution in [3.8, 4) is 0 Å². The quantitative estimate of drug-likeness (QED) is 0.889. The predicted octanol–water partition coefficient (Wildman–Crippen LogP) is 3.06. The molecular weight excluding hydrogens is 274 g/mol. The van der Waals surface area contributed by atoms with Crippen molar-refractivity contribution in [1.29, 1.82) is 0 Å². The van der Waals surface area contributed by atoms with Gasteiger partial charge in [0, 0.05) is 18.4 Å². The Morgan fingerprint density at radius 2 is 2.10 bits per heavy atom. The average molecular weight is 292 g/mol. The highest BCUT2D eigenvalue weighted by molar-refractivity contribution is 6.33. The van der Waals surface area contributed by atoms with E-state index in [4.69, 9.17) is 11.6 Å². The van der Waals surface area contributed by atoms with E-state index in [9.17, 15) is 4.79 Å². The second-order valence-corrected chi connectivity index (χ2v) is 5.06. The van der Waals surface area contributed by atoms with Gasteiger partial charge in [0.25, 0.3) is 0 Å².